The van der Waals surface area contributed by atoms with E-state index in [1.54, 1.807) is 24.1 Å². The highest BCUT2D eigenvalue weighted by molar-refractivity contribution is 6.30. The zero-order chi connectivity index (χ0) is 16.3. The number of carboxylic acid groups (broad SMARTS) is 1. The Hall–Kier alpha value is -2.41. The van der Waals surface area contributed by atoms with Crippen LogP contribution in [0.3, 0.4) is 0 Å². The summed E-state index contributed by atoms with van der Waals surface area (Å²) < 4.78 is 1.21. The highest BCUT2D eigenvalue weighted by atomic mass is 35.5. The molecular formula is C14H15ClN4O3. The Morgan fingerprint density at radius 2 is 2.00 bits per heavy atom. The number of aromatic carboxylic acids is 1. The average molecular weight is 323 g/mol. The van der Waals surface area contributed by atoms with E-state index in [-0.39, 0.29) is 24.2 Å². The summed E-state index contributed by atoms with van der Waals surface area (Å²) >= 11 is 5.85. The van der Waals surface area contributed by atoms with Crippen LogP contribution in [-0.2, 0) is 11.3 Å². The SMILES string of the molecule is CC(c1ccc(Cl)cc1)N(C)C(=O)Cn1cc(C(=O)O)nn1. The lowest BCUT2D eigenvalue weighted by molar-refractivity contribution is -0.132. The van der Waals surface area contributed by atoms with Crippen molar-refractivity contribution in [3.8, 4) is 0 Å². The molecule has 1 aromatic carbocycles. The molecular weight excluding hydrogens is 308 g/mol. The molecule has 2 aromatic rings. The fraction of sp³-hybridized carbons (Fsp3) is 0.286. The molecule has 2 rings (SSSR count). The van der Waals surface area contributed by atoms with E-state index in [4.69, 9.17) is 16.7 Å². The molecule has 0 aliphatic rings. The van der Waals surface area contributed by atoms with Gasteiger partial charge in [0.2, 0.25) is 5.91 Å². The molecule has 0 saturated heterocycles. The van der Waals surface area contributed by atoms with Crippen molar-refractivity contribution in [1.29, 1.82) is 0 Å². The Kier molecular flexibility index (Phi) is 4.77. The van der Waals surface area contributed by atoms with Crippen molar-refractivity contribution in [3.63, 3.8) is 0 Å². The molecule has 0 radical (unpaired) electrons. The van der Waals surface area contributed by atoms with Crippen molar-refractivity contribution >= 4 is 23.5 Å². The van der Waals surface area contributed by atoms with Gasteiger partial charge in [0.25, 0.3) is 0 Å². The maximum absolute atomic E-state index is 12.2. The van der Waals surface area contributed by atoms with Crippen LogP contribution in [-0.4, -0.2) is 43.9 Å². The van der Waals surface area contributed by atoms with E-state index in [1.165, 1.54) is 10.9 Å². The first-order valence-corrected chi connectivity index (χ1v) is 6.91. The molecule has 7 nitrogen and oxygen atoms in total. The van der Waals surface area contributed by atoms with Gasteiger partial charge in [0.05, 0.1) is 12.2 Å². The standard InChI is InChI=1S/C14H15ClN4O3/c1-9(10-3-5-11(15)6-4-10)18(2)13(20)8-19-7-12(14(21)22)16-17-19/h3-7,9H,8H2,1-2H3,(H,21,22). The van der Waals surface area contributed by atoms with Crippen LogP contribution in [0, 0.1) is 0 Å². The Morgan fingerprint density at radius 3 is 2.55 bits per heavy atom. The summed E-state index contributed by atoms with van der Waals surface area (Å²) in [6, 6.07) is 7.10. The van der Waals surface area contributed by atoms with E-state index >= 15 is 0 Å². The van der Waals surface area contributed by atoms with Gasteiger partial charge in [0, 0.05) is 12.1 Å². The third kappa shape index (κ3) is 3.62. The molecule has 22 heavy (non-hydrogen) atoms. The van der Waals surface area contributed by atoms with E-state index in [2.05, 4.69) is 10.3 Å². The normalized spacial score (nSPS) is 12.0. The van der Waals surface area contributed by atoms with Crippen molar-refractivity contribution in [2.45, 2.75) is 19.5 Å². The summed E-state index contributed by atoms with van der Waals surface area (Å²) in [6.07, 6.45) is 1.22. The molecule has 1 amide bonds. The Labute approximate surface area is 132 Å². The van der Waals surface area contributed by atoms with Gasteiger partial charge in [0.1, 0.15) is 6.54 Å². The van der Waals surface area contributed by atoms with Crippen LogP contribution in [0.2, 0.25) is 5.02 Å². The lowest BCUT2D eigenvalue weighted by atomic mass is 10.1. The van der Waals surface area contributed by atoms with Crippen LogP contribution >= 0.6 is 11.6 Å². The number of nitrogens with zero attached hydrogens (tertiary/aromatic N) is 4. The van der Waals surface area contributed by atoms with Gasteiger partial charge >= 0.3 is 5.97 Å². The summed E-state index contributed by atoms with van der Waals surface area (Å²) in [7, 11) is 1.68. The molecule has 0 saturated carbocycles. The number of carbonyl (C=O) groups excluding carboxylic acids is 1. The smallest absolute Gasteiger partial charge is 0.358 e. The van der Waals surface area contributed by atoms with E-state index in [9.17, 15) is 9.59 Å². The average Bonchev–Trinajstić information content (AvgIpc) is 2.95. The van der Waals surface area contributed by atoms with Crippen LogP contribution < -0.4 is 0 Å². The molecule has 116 valence electrons. The summed E-state index contributed by atoms with van der Waals surface area (Å²) in [5.41, 5.74) is 0.756. The van der Waals surface area contributed by atoms with E-state index in [0.29, 0.717) is 5.02 Å². The minimum atomic E-state index is -1.18. The number of likely N-dealkylation sites (N-methyl/N-ethyl adjacent to an activating group) is 1. The van der Waals surface area contributed by atoms with Crippen molar-refractivity contribution in [1.82, 2.24) is 19.9 Å². The van der Waals surface area contributed by atoms with Crippen LogP contribution in [0.5, 0.6) is 0 Å². The van der Waals surface area contributed by atoms with Gasteiger partial charge in [-0.15, -0.1) is 5.10 Å². The summed E-state index contributed by atoms with van der Waals surface area (Å²) in [4.78, 5) is 24.5. The number of hydrogen-bond donors (Lipinski definition) is 1. The lowest BCUT2D eigenvalue weighted by Gasteiger charge is -2.25. The molecule has 0 aliphatic carbocycles. The molecule has 1 heterocycles. The first kappa shape index (κ1) is 16.0. The maximum atomic E-state index is 12.2. The maximum Gasteiger partial charge on any atom is 0.358 e. The van der Waals surface area contributed by atoms with Gasteiger partial charge < -0.3 is 10.0 Å². The minimum absolute atomic E-state index is 0.0747. The minimum Gasteiger partial charge on any atom is -0.476 e. The van der Waals surface area contributed by atoms with E-state index in [1.807, 2.05) is 19.1 Å². The van der Waals surface area contributed by atoms with Gasteiger partial charge in [-0.25, -0.2) is 9.48 Å². The zero-order valence-corrected chi connectivity index (χ0v) is 12.9. The second kappa shape index (κ2) is 6.57. The Balaban J connectivity index is 2.04. The molecule has 0 bridgehead atoms. The van der Waals surface area contributed by atoms with Crippen molar-refractivity contribution in [2.24, 2.45) is 0 Å². The van der Waals surface area contributed by atoms with Gasteiger partial charge in [-0.3, -0.25) is 4.79 Å². The highest BCUT2D eigenvalue weighted by Crippen LogP contribution is 2.21. The van der Waals surface area contributed by atoms with E-state index in [0.717, 1.165) is 5.56 Å². The fourth-order valence-corrected chi connectivity index (χ4v) is 2.03. The largest absolute Gasteiger partial charge is 0.476 e. The molecule has 1 atom stereocenters. The molecule has 1 N–H and O–H groups in total. The first-order valence-electron chi connectivity index (χ1n) is 6.53. The zero-order valence-electron chi connectivity index (χ0n) is 12.1. The third-order valence-electron chi connectivity index (χ3n) is 3.38. The quantitative estimate of drug-likeness (QED) is 0.907. The number of rotatable bonds is 5. The third-order valence-corrected chi connectivity index (χ3v) is 3.63. The predicted octanol–water partition coefficient (Wildman–Crippen LogP) is 1.85. The number of halogens is 1. The summed E-state index contributed by atoms with van der Waals surface area (Å²) in [5, 5.41) is 16.5. The molecule has 1 unspecified atom stereocenters. The van der Waals surface area contributed by atoms with Crippen LogP contribution in [0.1, 0.15) is 29.0 Å². The number of carboxylic acids is 1. The Bertz CT molecular complexity index is 684. The monoisotopic (exact) mass is 322 g/mol. The van der Waals surface area contributed by atoms with Crippen molar-refractivity contribution < 1.29 is 14.7 Å². The number of aromatic nitrogens is 3. The second-order valence-electron chi connectivity index (χ2n) is 4.84. The number of amides is 1. The highest BCUT2D eigenvalue weighted by Gasteiger charge is 2.19. The summed E-state index contributed by atoms with van der Waals surface area (Å²) in [6.45, 7) is 1.82. The van der Waals surface area contributed by atoms with E-state index < -0.39 is 5.97 Å². The number of hydrogen-bond acceptors (Lipinski definition) is 4. The van der Waals surface area contributed by atoms with Crippen molar-refractivity contribution in [2.75, 3.05) is 7.05 Å². The second-order valence-corrected chi connectivity index (χ2v) is 5.28. The molecule has 0 aliphatic heterocycles. The molecule has 0 spiro atoms. The Morgan fingerprint density at radius 1 is 1.36 bits per heavy atom. The topological polar surface area (TPSA) is 88.3 Å². The molecule has 0 fully saturated rings. The van der Waals surface area contributed by atoms with Crippen molar-refractivity contribution in [3.05, 3.63) is 46.7 Å². The van der Waals surface area contributed by atoms with Gasteiger partial charge in [-0.2, -0.15) is 0 Å². The molecule has 1 aromatic heterocycles. The summed E-state index contributed by atoms with van der Waals surface area (Å²) in [5.74, 6) is -1.38. The molecule has 8 heteroatoms. The lowest BCUT2D eigenvalue weighted by Crippen LogP contribution is -2.32. The van der Waals surface area contributed by atoms with Crippen LogP contribution in [0.15, 0.2) is 30.5 Å². The fourth-order valence-electron chi connectivity index (χ4n) is 1.90. The first-order chi connectivity index (χ1) is 10.4. The number of carbonyl (C=O) groups is 2. The van der Waals surface area contributed by atoms with Gasteiger partial charge in [0.15, 0.2) is 5.69 Å². The van der Waals surface area contributed by atoms with Crippen LogP contribution in [0.25, 0.3) is 0 Å². The predicted molar refractivity (Wildman–Crippen MR) is 79.6 cm³/mol. The van der Waals surface area contributed by atoms with Gasteiger partial charge in [-0.05, 0) is 24.6 Å². The van der Waals surface area contributed by atoms with Crippen LogP contribution in [0.4, 0.5) is 0 Å². The number of benzene rings is 1. The van der Waals surface area contributed by atoms with Gasteiger partial charge in [-0.1, -0.05) is 28.9 Å².